The maximum absolute atomic E-state index is 11.4. The Morgan fingerprint density at radius 1 is 1.46 bits per heavy atom. The van der Waals surface area contributed by atoms with Crippen LogP contribution >= 0.6 is 0 Å². The standard InChI is InChI=1S/C10H17NO2/c1-3-8(2)10(12)11-9-4-6-13-7-5-9/h3,9H,4-7H2,1-2H3,(H,11,12). The van der Waals surface area contributed by atoms with Crippen molar-refractivity contribution in [1.29, 1.82) is 0 Å². The second-order valence-corrected chi connectivity index (χ2v) is 3.33. The molecular weight excluding hydrogens is 166 g/mol. The molecule has 0 spiro atoms. The van der Waals surface area contributed by atoms with Gasteiger partial charge in [-0.15, -0.1) is 0 Å². The van der Waals surface area contributed by atoms with E-state index in [0.29, 0.717) is 6.04 Å². The molecule has 1 aliphatic rings. The van der Waals surface area contributed by atoms with Crippen LogP contribution < -0.4 is 5.32 Å². The van der Waals surface area contributed by atoms with Crippen LogP contribution in [0.2, 0.25) is 0 Å². The largest absolute Gasteiger partial charge is 0.381 e. The average molecular weight is 183 g/mol. The van der Waals surface area contributed by atoms with Crippen LogP contribution in [0.4, 0.5) is 0 Å². The third-order valence-corrected chi connectivity index (χ3v) is 2.35. The molecule has 13 heavy (non-hydrogen) atoms. The quantitative estimate of drug-likeness (QED) is 0.654. The van der Waals surface area contributed by atoms with Crippen LogP contribution in [0.3, 0.4) is 0 Å². The van der Waals surface area contributed by atoms with Gasteiger partial charge in [-0.3, -0.25) is 4.79 Å². The van der Waals surface area contributed by atoms with Gasteiger partial charge in [-0.25, -0.2) is 0 Å². The number of nitrogens with one attached hydrogen (secondary N) is 1. The van der Waals surface area contributed by atoms with E-state index >= 15 is 0 Å². The van der Waals surface area contributed by atoms with Crippen molar-refractivity contribution in [3.8, 4) is 0 Å². The molecule has 1 heterocycles. The Balaban J connectivity index is 2.34. The van der Waals surface area contributed by atoms with Crippen molar-refractivity contribution in [2.45, 2.75) is 32.7 Å². The lowest BCUT2D eigenvalue weighted by Gasteiger charge is -2.23. The van der Waals surface area contributed by atoms with Crippen LogP contribution in [-0.4, -0.2) is 25.2 Å². The highest BCUT2D eigenvalue weighted by Gasteiger charge is 2.15. The molecule has 0 aromatic rings. The summed E-state index contributed by atoms with van der Waals surface area (Å²) >= 11 is 0. The number of hydrogen-bond donors (Lipinski definition) is 1. The van der Waals surface area contributed by atoms with Crippen LogP contribution in [-0.2, 0) is 9.53 Å². The average Bonchev–Trinajstić information content (AvgIpc) is 2.18. The maximum atomic E-state index is 11.4. The Labute approximate surface area is 79.2 Å². The maximum Gasteiger partial charge on any atom is 0.246 e. The molecule has 3 nitrogen and oxygen atoms in total. The summed E-state index contributed by atoms with van der Waals surface area (Å²) in [4.78, 5) is 11.4. The molecular formula is C10H17NO2. The van der Waals surface area contributed by atoms with Gasteiger partial charge in [-0.1, -0.05) is 6.08 Å². The fraction of sp³-hybridized carbons (Fsp3) is 0.700. The van der Waals surface area contributed by atoms with E-state index in [1.165, 1.54) is 0 Å². The van der Waals surface area contributed by atoms with Crippen molar-refractivity contribution in [2.75, 3.05) is 13.2 Å². The highest BCUT2D eigenvalue weighted by atomic mass is 16.5. The first-order valence-electron chi connectivity index (χ1n) is 4.75. The molecule has 0 saturated carbocycles. The third kappa shape index (κ3) is 3.19. The van der Waals surface area contributed by atoms with E-state index in [2.05, 4.69) is 5.32 Å². The lowest BCUT2D eigenvalue weighted by Crippen LogP contribution is -2.39. The van der Waals surface area contributed by atoms with Gasteiger partial charge in [0, 0.05) is 24.8 Å². The van der Waals surface area contributed by atoms with Gasteiger partial charge in [0.1, 0.15) is 0 Å². The van der Waals surface area contributed by atoms with Crippen LogP contribution in [0.5, 0.6) is 0 Å². The Hall–Kier alpha value is -0.830. The predicted octanol–water partition coefficient (Wildman–Crippen LogP) is 1.25. The highest BCUT2D eigenvalue weighted by Crippen LogP contribution is 2.06. The minimum Gasteiger partial charge on any atom is -0.381 e. The van der Waals surface area contributed by atoms with Crippen LogP contribution in [0, 0.1) is 0 Å². The van der Waals surface area contributed by atoms with Crippen molar-refractivity contribution in [2.24, 2.45) is 0 Å². The molecule has 0 unspecified atom stereocenters. The first-order valence-corrected chi connectivity index (χ1v) is 4.75. The number of carbonyl (C=O) groups is 1. The number of ether oxygens (including phenoxy) is 1. The van der Waals surface area contributed by atoms with Crippen molar-refractivity contribution in [3.63, 3.8) is 0 Å². The van der Waals surface area contributed by atoms with Crippen molar-refractivity contribution in [3.05, 3.63) is 11.6 Å². The first-order chi connectivity index (χ1) is 6.24. The van der Waals surface area contributed by atoms with Gasteiger partial charge >= 0.3 is 0 Å². The Morgan fingerprint density at radius 3 is 2.62 bits per heavy atom. The van der Waals surface area contributed by atoms with E-state index in [1.807, 2.05) is 19.9 Å². The molecule has 0 atom stereocenters. The Kier molecular flexibility index (Phi) is 3.96. The van der Waals surface area contributed by atoms with Crippen molar-refractivity contribution in [1.82, 2.24) is 5.32 Å². The number of amides is 1. The predicted molar refractivity (Wildman–Crippen MR) is 51.4 cm³/mol. The van der Waals surface area contributed by atoms with Gasteiger partial charge in [0.25, 0.3) is 0 Å². The second kappa shape index (κ2) is 5.02. The summed E-state index contributed by atoms with van der Waals surface area (Å²) in [5.74, 6) is 0.0504. The molecule has 74 valence electrons. The zero-order valence-electron chi connectivity index (χ0n) is 8.30. The SMILES string of the molecule is CC=C(C)C(=O)NC1CCOCC1. The molecule has 3 heteroatoms. The number of rotatable bonds is 2. The topological polar surface area (TPSA) is 38.3 Å². The van der Waals surface area contributed by atoms with Crippen molar-refractivity contribution < 1.29 is 9.53 Å². The summed E-state index contributed by atoms with van der Waals surface area (Å²) in [6, 6.07) is 0.302. The van der Waals surface area contributed by atoms with Crippen LogP contribution in [0.25, 0.3) is 0 Å². The van der Waals surface area contributed by atoms with Crippen molar-refractivity contribution >= 4 is 5.91 Å². The lowest BCUT2D eigenvalue weighted by atomic mass is 10.1. The van der Waals surface area contributed by atoms with Gasteiger partial charge in [0.05, 0.1) is 0 Å². The van der Waals surface area contributed by atoms with E-state index in [9.17, 15) is 4.79 Å². The molecule has 1 amide bonds. The van der Waals surface area contributed by atoms with Crippen LogP contribution in [0.1, 0.15) is 26.7 Å². The molecule has 0 aliphatic carbocycles. The molecule has 1 rings (SSSR count). The number of carbonyl (C=O) groups excluding carboxylic acids is 1. The lowest BCUT2D eigenvalue weighted by molar-refractivity contribution is -0.118. The van der Waals surface area contributed by atoms with E-state index in [4.69, 9.17) is 4.74 Å². The summed E-state index contributed by atoms with van der Waals surface area (Å²) in [5, 5.41) is 2.98. The molecule has 1 fully saturated rings. The monoisotopic (exact) mass is 183 g/mol. The highest BCUT2D eigenvalue weighted by molar-refractivity contribution is 5.92. The molecule has 1 aliphatic heterocycles. The number of hydrogen-bond acceptors (Lipinski definition) is 2. The Morgan fingerprint density at radius 2 is 2.08 bits per heavy atom. The van der Waals surface area contributed by atoms with E-state index in [-0.39, 0.29) is 5.91 Å². The number of allylic oxidation sites excluding steroid dienone is 1. The smallest absolute Gasteiger partial charge is 0.246 e. The van der Waals surface area contributed by atoms with Gasteiger partial charge in [-0.2, -0.15) is 0 Å². The summed E-state index contributed by atoms with van der Waals surface area (Å²) in [5.41, 5.74) is 0.784. The van der Waals surface area contributed by atoms with E-state index < -0.39 is 0 Å². The first kappa shape index (κ1) is 10.3. The summed E-state index contributed by atoms with van der Waals surface area (Å²) in [6.07, 6.45) is 3.69. The Bertz CT molecular complexity index is 205. The minimum atomic E-state index is 0.0504. The zero-order valence-corrected chi connectivity index (χ0v) is 8.30. The van der Waals surface area contributed by atoms with Crippen LogP contribution in [0.15, 0.2) is 11.6 Å². The summed E-state index contributed by atoms with van der Waals surface area (Å²) in [6.45, 7) is 5.23. The van der Waals surface area contributed by atoms with Gasteiger partial charge in [0.15, 0.2) is 0 Å². The molecule has 1 saturated heterocycles. The molecule has 0 aromatic heterocycles. The molecule has 0 aromatic carbocycles. The van der Waals surface area contributed by atoms with Gasteiger partial charge < -0.3 is 10.1 Å². The zero-order chi connectivity index (χ0) is 9.68. The fourth-order valence-electron chi connectivity index (χ4n) is 1.27. The normalized spacial score (nSPS) is 20.0. The van der Waals surface area contributed by atoms with Gasteiger partial charge in [0.2, 0.25) is 5.91 Å². The second-order valence-electron chi connectivity index (χ2n) is 3.33. The van der Waals surface area contributed by atoms with Gasteiger partial charge in [-0.05, 0) is 26.7 Å². The molecule has 1 N–H and O–H groups in total. The third-order valence-electron chi connectivity index (χ3n) is 2.35. The van der Waals surface area contributed by atoms with E-state index in [0.717, 1.165) is 31.6 Å². The molecule has 0 radical (unpaired) electrons. The molecule has 0 bridgehead atoms. The minimum absolute atomic E-state index is 0.0504. The summed E-state index contributed by atoms with van der Waals surface area (Å²) in [7, 11) is 0. The fourth-order valence-corrected chi connectivity index (χ4v) is 1.27. The summed E-state index contributed by atoms with van der Waals surface area (Å²) < 4.78 is 5.20. The van der Waals surface area contributed by atoms with E-state index in [1.54, 1.807) is 0 Å².